The van der Waals surface area contributed by atoms with Crippen LogP contribution in [-0.2, 0) is 26.2 Å². The van der Waals surface area contributed by atoms with Crippen LogP contribution in [0.25, 0.3) is 0 Å². The second kappa shape index (κ2) is 6.95. The molecule has 1 aliphatic heterocycles. The maximum atomic E-state index is 12.0. The number of likely N-dealkylation sites (tertiary alicyclic amines) is 1. The van der Waals surface area contributed by atoms with Crippen LogP contribution in [-0.4, -0.2) is 37.4 Å². The molecule has 1 heterocycles. The maximum absolute atomic E-state index is 12.0. The summed E-state index contributed by atoms with van der Waals surface area (Å²) in [5, 5.41) is 0. The number of rotatable bonds is 6. The van der Waals surface area contributed by atoms with E-state index in [1.807, 2.05) is 35.9 Å². The van der Waals surface area contributed by atoms with Crippen LogP contribution in [0.1, 0.15) is 17.5 Å². The lowest BCUT2D eigenvalue weighted by atomic mass is 10.1. The van der Waals surface area contributed by atoms with Gasteiger partial charge in [-0.15, -0.1) is 6.58 Å². The Morgan fingerprint density at radius 2 is 2.04 bits per heavy atom. The molecule has 0 bridgehead atoms. The first-order valence-corrected chi connectivity index (χ1v) is 8.94. The molecule has 0 aliphatic carbocycles. The lowest BCUT2D eigenvalue weighted by Gasteiger charge is -2.16. The van der Waals surface area contributed by atoms with Gasteiger partial charge in [-0.2, -0.15) is 0 Å². The van der Waals surface area contributed by atoms with Crippen molar-refractivity contribution in [1.29, 1.82) is 0 Å². The van der Waals surface area contributed by atoms with E-state index in [0.29, 0.717) is 6.54 Å². The Labute approximate surface area is 136 Å². The number of amides is 2. The molecule has 7 heteroatoms. The summed E-state index contributed by atoms with van der Waals surface area (Å²) in [5.74, 6) is -1.75. The topological polar surface area (TPSA) is 83.5 Å². The molecular weight excluding hydrogens is 316 g/mol. The minimum atomic E-state index is -3.71. The van der Waals surface area contributed by atoms with E-state index >= 15 is 0 Å². The third-order valence-corrected chi connectivity index (χ3v) is 4.86. The molecule has 1 fully saturated rings. The minimum Gasteiger partial charge on any atom is -0.338 e. The molecule has 1 aromatic rings. The highest BCUT2D eigenvalue weighted by atomic mass is 32.2. The van der Waals surface area contributed by atoms with Gasteiger partial charge in [0.25, 0.3) is 0 Å². The van der Waals surface area contributed by atoms with Crippen molar-refractivity contribution in [3.05, 3.63) is 48.0 Å². The second-order valence-corrected chi connectivity index (χ2v) is 7.46. The third kappa shape index (κ3) is 4.66. The van der Waals surface area contributed by atoms with Gasteiger partial charge in [-0.1, -0.05) is 35.9 Å². The van der Waals surface area contributed by atoms with Crippen molar-refractivity contribution in [2.24, 2.45) is 5.92 Å². The van der Waals surface area contributed by atoms with Crippen molar-refractivity contribution in [3.8, 4) is 0 Å². The van der Waals surface area contributed by atoms with E-state index in [2.05, 4.69) is 6.58 Å². The fourth-order valence-electron chi connectivity index (χ4n) is 2.45. The molecule has 1 atom stereocenters. The van der Waals surface area contributed by atoms with Crippen LogP contribution in [0.2, 0.25) is 0 Å². The van der Waals surface area contributed by atoms with Gasteiger partial charge in [-0.05, 0) is 12.5 Å². The monoisotopic (exact) mass is 336 g/mol. The van der Waals surface area contributed by atoms with Gasteiger partial charge in [0.15, 0.2) is 0 Å². The Bertz CT molecular complexity index is 710. The summed E-state index contributed by atoms with van der Waals surface area (Å²) in [6.45, 7) is 5.96. The van der Waals surface area contributed by atoms with Crippen LogP contribution in [0.15, 0.2) is 36.9 Å². The zero-order chi connectivity index (χ0) is 17.0. The molecule has 2 amide bonds. The fourth-order valence-corrected chi connectivity index (χ4v) is 3.31. The van der Waals surface area contributed by atoms with Crippen LogP contribution in [0.5, 0.6) is 0 Å². The van der Waals surface area contributed by atoms with Crippen LogP contribution in [0, 0.1) is 12.8 Å². The normalized spacial score (nSPS) is 18.0. The van der Waals surface area contributed by atoms with E-state index < -0.39 is 21.8 Å². The van der Waals surface area contributed by atoms with Crippen LogP contribution in [0.4, 0.5) is 0 Å². The average molecular weight is 336 g/mol. The molecule has 0 spiro atoms. The number of carbonyl (C=O) groups excluding carboxylic acids is 2. The van der Waals surface area contributed by atoms with Gasteiger partial charge in [0, 0.05) is 19.5 Å². The van der Waals surface area contributed by atoms with E-state index in [1.165, 1.54) is 6.08 Å². The smallest absolute Gasteiger partial charge is 0.238 e. The lowest BCUT2D eigenvalue weighted by Crippen LogP contribution is -2.37. The van der Waals surface area contributed by atoms with Gasteiger partial charge in [-0.3, -0.25) is 14.3 Å². The number of nitrogens with zero attached hydrogens (tertiary/aromatic N) is 1. The zero-order valence-electron chi connectivity index (χ0n) is 13.0. The Kier molecular flexibility index (Phi) is 5.20. The van der Waals surface area contributed by atoms with Gasteiger partial charge < -0.3 is 4.90 Å². The molecule has 1 saturated heterocycles. The molecule has 1 aromatic carbocycles. The summed E-state index contributed by atoms with van der Waals surface area (Å²) in [6, 6.07) is 7.79. The van der Waals surface area contributed by atoms with Gasteiger partial charge in [0.2, 0.25) is 21.8 Å². The average Bonchev–Trinajstić information content (AvgIpc) is 2.82. The summed E-state index contributed by atoms with van der Waals surface area (Å²) in [5.41, 5.74) is 2.11. The summed E-state index contributed by atoms with van der Waals surface area (Å²) in [6.07, 6.45) is 1.24. The Morgan fingerprint density at radius 1 is 1.39 bits per heavy atom. The molecule has 1 N–H and O–H groups in total. The number of carbonyl (C=O) groups is 2. The van der Waals surface area contributed by atoms with E-state index in [1.54, 1.807) is 4.90 Å². The molecule has 0 radical (unpaired) electrons. The molecule has 1 aliphatic rings. The van der Waals surface area contributed by atoms with Gasteiger partial charge in [0.05, 0.1) is 11.7 Å². The quantitative estimate of drug-likeness (QED) is 0.785. The summed E-state index contributed by atoms with van der Waals surface area (Å²) in [7, 11) is -3.71. The minimum absolute atomic E-state index is 0.0291. The largest absolute Gasteiger partial charge is 0.338 e. The van der Waals surface area contributed by atoms with Crippen molar-refractivity contribution >= 4 is 21.8 Å². The molecule has 124 valence electrons. The van der Waals surface area contributed by atoms with Crippen molar-refractivity contribution in [2.45, 2.75) is 19.9 Å². The predicted molar refractivity (Wildman–Crippen MR) is 86.8 cm³/mol. The SMILES string of the molecule is C=CCS(=O)(=O)NC(=O)[C@@H]1CC(=O)N(Cc2ccc(C)cc2)C1. The van der Waals surface area contributed by atoms with Crippen molar-refractivity contribution in [2.75, 3.05) is 12.3 Å². The maximum Gasteiger partial charge on any atom is 0.238 e. The lowest BCUT2D eigenvalue weighted by molar-refractivity contribution is -0.129. The molecule has 2 rings (SSSR count). The van der Waals surface area contributed by atoms with Crippen LogP contribution in [0.3, 0.4) is 0 Å². The second-order valence-electron chi connectivity index (χ2n) is 5.70. The third-order valence-electron chi connectivity index (χ3n) is 3.67. The van der Waals surface area contributed by atoms with Crippen molar-refractivity contribution in [1.82, 2.24) is 9.62 Å². The van der Waals surface area contributed by atoms with Crippen molar-refractivity contribution < 1.29 is 18.0 Å². The number of nitrogens with one attached hydrogen (secondary N) is 1. The highest BCUT2D eigenvalue weighted by Crippen LogP contribution is 2.20. The molecule has 6 nitrogen and oxygen atoms in total. The summed E-state index contributed by atoms with van der Waals surface area (Å²) in [4.78, 5) is 25.6. The van der Waals surface area contributed by atoms with Crippen molar-refractivity contribution in [3.63, 3.8) is 0 Å². The van der Waals surface area contributed by atoms with Crippen LogP contribution >= 0.6 is 0 Å². The molecule has 0 unspecified atom stereocenters. The predicted octanol–water partition coefficient (Wildman–Crippen LogP) is 0.976. The Balaban J connectivity index is 1.97. The van der Waals surface area contributed by atoms with Gasteiger partial charge >= 0.3 is 0 Å². The van der Waals surface area contributed by atoms with Gasteiger partial charge in [-0.25, -0.2) is 8.42 Å². The number of aryl methyl sites for hydroxylation is 1. The number of hydrogen-bond acceptors (Lipinski definition) is 4. The molecule has 0 aromatic heterocycles. The summed E-state index contributed by atoms with van der Waals surface area (Å²) < 4.78 is 25.2. The Hall–Kier alpha value is -2.15. The van der Waals surface area contributed by atoms with E-state index in [4.69, 9.17) is 0 Å². The highest BCUT2D eigenvalue weighted by Gasteiger charge is 2.35. The van der Waals surface area contributed by atoms with E-state index in [9.17, 15) is 18.0 Å². The molecular formula is C16H20N2O4S. The first-order valence-electron chi connectivity index (χ1n) is 7.29. The number of sulfonamides is 1. The first-order chi connectivity index (χ1) is 10.8. The summed E-state index contributed by atoms with van der Waals surface area (Å²) >= 11 is 0. The first kappa shape index (κ1) is 17.2. The Morgan fingerprint density at radius 3 is 2.65 bits per heavy atom. The zero-order valence-corrected chi connectivity index (χ0v) is 13.8. The van der Waals surface area contributed by atoms with E-state index in [0.717, 1.165) is 11.1 Å². The highest BCUT2D eigenvalue weighted by molar-refractivity contribution is 7.90. The fraction of sp³-hybridized carbons (Fsp3) is 0.375. The number of benzene rings is 1. The standard InChI is InChI=1S/C16H20N2O4S/c1-3-8-23(21,22)17-16(20)14-9-15(19)18(11-14)10-13-6-4-12(2)5-7-13/h3-7,14H,1,8-11H2,2H3,(H,17,20)/t14-/m1/s1. The molecule has 0 saturated carbocycles. The van der Waals surface area contributed by atoms with E-state index in [-0.39, 0.29) is 24.6 Å². The number of hydrogen-bond donors (Lipinski definition) is 1. The van der Waals surface area contributed by atoms with Gasteiger partial charge in [0.1, 0.15) is 0 Å². The molecule has 23 heavy (non-hydrogen) atoms. The van der Waals surface area contributed by atoms with Crippen LogP contribution < -0.4 is 4.72 Å².